The van der Waals surface area contributed by atoms with Crippen molar-refractivity contribution >= 4 is 17.9 Å². The molecule has 1 aromatic carbocycles. The van der Waals surface area contributed by atoms with Crippen LogP contribution in [-0.4, -0.2) is 23.6 Å². The molecular weight excluding hydrogens is 256 g/mol. The number of nitrogens with zero attached hydrogens (tertiary/aromatic N) is 1. The largest absolute Gasteiger partial charge is 0.463 e. The molecule has 0 aromatic heterocycles. The lowest BCUT2D eigenvalue weighted by atomic mass is 9.99. The molecule has 3 N–H and O–H groups in total. The highest BCUT2D eigenvalue weighted by molar-refractivity contribution is 5.97. The Morgan fingerprint density at radius 3 is 2.90 bits per heavy atom. The highest BCUT2D eigenvalue weighted by Crippen LogP contribution is 2.42. The van der Waals surface area contributed by atoms with Gasteiger partial charge in [0.15, 0.2) is 5.84 Å². The summed E-state index contributed by atoms with van der Waals surface area (Å²) in [4.78, 5) is 11.4. The van der Waals surface area contributed by atoms with E-state index in [1.807, 2.05) is 12.1 Å². The van der Waals surface area contributed by atoms with Gasteiger partial charge in [-0.1, -0.05) is 17.3 Å². The Labute approximate surface area is 117 Å². The molecular formula is C15H18N2O3. The molecule has 5 heteroatoms. The first-order valence-electron chi connectivity index (χ1n) is 6.62. The number of carbonyl (C=O) groups is 1. The Morgan fingerprint density at radius 1 is 1.55 bits per heavy atom. The summed E-state index contributed by atoms with van der Waals surface area (Å²) < 4.78 is 4.86. The average Bonchev–Trinajstić information content (AvgIpc) is 3.29. The van der Waals surface area contributed by atoms with Gasteiger partial charge in [-0.2, -0.15) is 0 Å². The van der Waals surface area contributed by atoms with E-state index in [9.17, 15) is 4.79 Å². The second-order valence-electron chi connectivity index (χ2n) is 4.69. The molecule has 0 saturated heterocycles. The standard InChI is InChI=1S/C15H18N2O3/c1-2-20-14(18)8-7-11-5-6-12(15(16)17-19)9-13(11)10-3-4-10/h5-10,19H,2-4H2,1H3,(H2,16,17)/b8-7+. The fraction of sp³-hybridized carbons (Fsp3) is 0.333. The van der Waals surface area contributed by atoms with E-state index in [2.05, 4.69) is 5.16 Å². The lowest BCUT2D eigenvalue weighted by Gasteiger charge is -2.07. The van der Waals surface area contributed by atoms with Crippen molar-refractivity contribution in [1.29, 1.82) is 0 Å². The number of esters is 1. The van der Waals surface area contributed by atoms with Crippen LogP contribution in [0.25, 0.3) is 6.08 Å². The third kappa shape index (κ3) is 3.38. The quantitative estimate of drug-likeness (QED) is 0.215. The third-order valence-electron chi connectivity index (χ3n) is 3.19. The number of ether oxygens (including phenoxy) is 1. The summed E-state index contributed by atoms with van der Waals surface area (Å²) in [6.07, 6.45) is 5.43. The van der Waals surface area contributed by atoms with E-state index >= 15 is 0 Å². The van der Waals surface area contributed by atoms with Crippen molar-refractivity contribution in [2.75, 3.05) is 6.61 Å². The highest BCUT2D eigenvalue weighted by atomic mass is 16.5. The van der Waals surface area contributed by atoms with Crippen LogP contribution < -0.4 is 5.73 Å². The summed E-state index contributed by atoms with van der Waals surface area (Å²) >= 11 is 0. The summed E-state index contributed by atoms with van der Waals surface area (Å²) in [5.41, 5.74) is 8.37. The molecule has 20 heavy (non-hydrogen) atoms. The van der Waals surface area contributed by atoms with Crippen molar-refractivity contribution in [3.05, 3.63) is 41.0 Å². The van der Waals surface area contributed by atoms with E-state index in [4.69, 9.17) is 15.7 Å². The van der Waals surface area contributed by atoms with Gasteiger partial charge in [-0.05, 0) is 49.0 Å². The molecule has 1 aliphatic carbocycles. The number of carbonyl (C=O) groups excluding carboxylic acids is 1. The average molecular weight is 274 g/mol. The molecule has 1 fully saturated rings. The Bertz CT molecular complexity index is 560. The van der Waals surface area contributed by atoms with Crippen LogP contribution in [0.5, 0.6) is 0 Å². The highest BCUT2D eigenvalue weighted by Gasteiger charge is 2.26. The zero-order valence-corrected chi connectivity index (χ0v) is 11.4. The fourth-order valence-corrected chi connectivity index (χ4v) is 2.04. The predicted octanol–water partition coefficient (Wildman–Crippen LogP) is 2.23. The van der Waals surface area contributed by atoms with Gasteiger partial charge < -0.3 is 15.7 Å². The van der Waals surface area contributed by atoms with Crippen LogP contribution in [-0.2, 0) is 9.53 Å². The van der Waals surface area contributed by atoms with Gasteiger partial charge in [-0.15, -0.1) is 0 Å². The number of hydrogen-bond donors (Lipinski definition) is 2. The number of hydrogen-bond acceptors (Lipinski definition) is 4. The number of benzene rings is 1. The summed E-state index contributed by atoms with van der Waals surface area (Å²) in [5, 5.41) is 11.7. The predicted molar refractivity (Wildman–Crippen MR) is 76.6 cm³/mol. The first-order valence-corrected chi connectivity index (χ1v) is 6.62. The molecule has 106 valence electrons. The SMILES string of the molecule is CCOC(=O)/C=C/c1ccc(/C(N)=N/O)cc1C1CC1. The molecule has 5 nitrogen and oxygen atoms in total. The molecule has 0 heterocycles. The van der Waals surface area contributed by atoms with Gasteiger partial charge in [-0.3, -0.25) is 0 Å². The number of oxime groups is 1. The van der Waals surface area contributed by atoms with Crippen molar-refractivity contribution in [2.45, 2.75) is 25.7 Å². The minimum Gasteiger partial charge on any atom is -0.463 e. The van der Waals surface area contributed by atoms with E-state index in [-0.39, 0.29) is 11.8 Å². The summed E-state index contributed by atoms with van der Waals surface area (Å²) in [5.74, 6) is 0.228. The fourth-order valence-electron chi connectivity index (χ4n) is 2.04. The van der Waals surface area contributed by atoms with Gasteiger partial charge >= 0.3 is 5.97 Å². The van der Waals surface area contributed by atoms with Crippen LogP contribution in [0.3, 0.4) is 0 Å². The normalized spacial score (nSPS) is 15.6. The van der Waals surface area contributed by atoms with Crippen LogP contribution in [0.4, 0.5) is 0 Å². The van der Waals surface area contributed by atoms with Gasteiger partial charge in [0.25, 0.3) is 0 Å². The van der Waals surface area contributed by atoms with E-state index < -0.39 is 0 Å². The maximum Gasteiger partial charge on any atom is 0.330 e. The molecule has 2 rings (SSSR count). The lowest BCUT2D eigenvalue weighted by Crippen LogP contribution is -2.13. The van der Waals surface area contributed by atoms with Gasteiger partial charge in [0, 0.05) is 11.6 Å². The maximum absolute atomic E-state index is 11.4. The van der Waals surface area contributed by atoms with E-state index in [1.165, 1.54) is 6.08 Å². The second kappa shape index (κ2) is 6.23. The monoisotopic (exact) mass is 274 g/mol. The molecule has 1 aliphatic rings. The zero-order chi connectivity index (χ0) is 14.5. The van der Waals surface area contributed by atoms with E-state index in [0.29, 0.717) is 18.1 Å². The van der Waals surface area contributed by atoms with Crippen LogP contribution in [0.1, 0.15) is 42.4 Å². The topological polar surface area (TPSA) is 84.9 Å². The molecule has 0 amide bonds. The first-order chi connectivity index (χ1) is 9.65. The van der Waals surface area contributed by atoms with Gasteiger partial charge in [0.05, 0.1) is 6.61 Å². The Balaban J connectivity index is 2.26. The molecule has 0 aliphatic heterocycles. The van der Waals surface area contributed by atoms with Gasteiger partial charge in [0.2, 0.25) is 0 Å². The van der Waals surface area contributed by atoms with Crippen LogP contribution in [0, 0.1) is 0 Å². The molecule has 0 spiro atoms. The Morgan fingerprint density at radius 2 is 2.30 bits per heavy atom. The molecule has 0 unspecified atom stereocenters. The van der Waals surface area contributed by atoms with Crippen molar-refractivity contribution in [3.63, 3.8) is 0 Å². The minimum atomic E-state index is -0.352. The molecule has 0 atom stereocenters. The van der Waals surface area contributed by atoms with Gasteiger partial charge in [0.1, 0.15) is 0 Å². The van der Waals surface area contributed by atoms with Crippen molar-refractivity contribution in [3.8, 4) is 0 Å². The first kappa shape index (κ1) is 14.1. The molecule has 1 saturated carbocycles. The van der Waals surface area contributed by atoms with Crippen LogP contribution in [0.15, 0.2) is 29.4 Å². The summed E-state index contributed by atoms with van der Waals surface area (Å²) in [7, 11) is 0. The Hall–Kier alpha value is -2.30. The molecule has 1 aromatic rings. The summed E-state index contributed by atoms with van der Waals surface area (Å²) in [6, 6.07) is 5.56. The van der Waals surface area contributed by atoms with E-state index in [1.54, 1.807) is 19.1 Å². The molecule has 0 radical (unpaired) electrons. The van der Waals surface area contributed by atoms with Crippen LogP contribution >= 0.6 is 0 Å². The minimum absolute atomic E-state index is 0.0906. The maximum atomic E-state index is 11.4. The smallest absolute Gasteiger partial charge is 0.330 e. The zero-order valence-electron chi connectivity index (χ0n) is 11.4. The summed E-state index contributed by atoms with van der Waals surface area (Å²) in [6.45, 7) is 2.13. The lowest BCUT2D eigenvalue weighted by molar-refractivity contribution is -0.137. The Kier molecular flexibility index (Phi) is 4.40. The second-order valence-corrected chi connectivity index (χ2v) is 4.69. The third-order valence-corrected chi connectivity index (χ3v) is 3.19. The van der Waals surface area contributed by atoms with Crippen LogP contribution in [0.2, 0.25) is 0 Å². The number of rotatable bonds is 5. The molecule has 0 bridgehead atoms. The van der Waals surface area contributed by atoms with E-state index in [0.717, 1.165) is 24.0 Å². The number of nitrogens with two attached hydrogens (primary N) is 1. The van der Waals surface area contributed by atoms with Crippen molar-refractivity contribution in [1.82, 2.24) is 0 Å². The van der Waals surface area contributed by atoms with Crippen molar-refractivity contribution in [2.24, 2.45) is 10.9 Å². The number of amidine groups is 1. The van der Waals surface area contributed by atoms with Gasteiger partial charge in [-0.25, -0.2) is 4.79 Å². The van der Waals surface area contributed by atoms with Crippen molar-refractivity contribution < 1.29 is 14.7 Å².